The number of methoxy groups -OCH3 is 1. The van der Waals surface area contributed by atoms with Crippen LogP contribution in [0, 0.1) is 6.92 Å². The molecule has 0 spiro atoms. The van der Waals surface area contributed by atoms with Crippen molar-refractivity contribution >= 4 is 5.91 Å². The van der Waals surface area contributed by atoms with Gasteiger partial charge in [-0.15, -0.1) is 0 Å². The van der Waals surface area contributed by atoms with E-state index in [1.807, 2.05) is 32.0 Å². The lowest BCUT2D eigenvalue weighted by Gasteiger charge is -2.08. The Morgan fingerprint density at radius 1 is 1.47 bits per heavy atom. The normalized spacial score (nSPS) is 9.80. The Bertz CT molecular complexity index is 347. The molecule has 0 radical (unpaired) electrons. The molecule has 3 heteroatoms. The van der Waals surface area contributed by atoms with E-state index in [0.29, 0.717) is 13.0 Å². The number of benzene rings is 1. The molecule has 0 atom stereocenters. The van der Waals surface area contributed by atoms with Crippen molar-refractivity contribution in [3.05, 3.63) is 29.3 Å². The molecule has 0 aromatic heterocycles. The third kappa shape index (κ3) is 3.27. The largest absolute Gasteiger partial charge is 0.496 e. The van der Waals surface area contributed by atoms with Crippen molar-refractivity contribution in [1.29, 1.82) is 0 Å². The van der Waals surface area contributed by atoms with Gasteiger partial charge in [-0.05, 0) is 24.1 Å². The third-order valence-electron chi connectivity index (χ3n) is 2.27. The second kappa shape index (κ2) is 5.39. The molecular formula is C12H17NO2. The van der Waals surface area contributed by atoms with Crippen LogP contribution in [0.2, 0.25) is 0 Å². The molecule has 0 saturated carbocycles. The van der Waals surface area contributed by atoms with Crippen molar-refractivity contribution in [1.82, 2.24) is 5.32 Å². The highest BCUT2D eigenvalue weighted by atomic mass is 16.5. The van der Waals surface area contributed by atoms with Crippen LogP contribution in [0.1, 0.15) is 24.5 Å². The third-order valence-corrected chi connectivity index (χ3v) is 2.27. The fraction of sp³-hybridized carbons (Fsp3) is 0.417. The number of amides is 1. The summed E-state index contributed by atoms with van der Waals surface area (Å²) in [6.07, 6.45) is 0.523. The van der Waals surface area contributed by atoms with Crippen LogP contribution in [0.25, 0.3) is 0 Å². The minimum atomic E-state index is 0.0727. The monoisotopic (exact) mass is 207 g/mol. The van der Waals surface area contributed by atoms with Crippen molar-refractivity contribution < 1.29 is 9.53 Å². The average molecular weight is 207 g/mol. The van der Waals surface area contributed by atoms with Gasteiger partial charge in [-0.1, -0.05) is 19.1 Å². The van der Waals surface area contributed by atoms with Gasteiger partial charge in [0.2, 0.25) is 5.91 Å². The van der Waals surface area contributed by atoms with Gasteiger partial charge in [0.15, 0.2) is 0 Å². The SMILES string of the molecule is CCC(=O)NCc1ccc(OC)c(C)c1. The van der Waals surface area contributed by atoms with Gasteiger partial charge in [0, 0.05) is 13.0 Å². The van der Waals surface area contributed by atoms with E-state index in [0.717, 1.165) is 16.9 Å². The predicted molar refractivity (Wildman–Crippen MR) is 59.9 cm³/mol. The number of carbonyl (C=O) groups excluding carboxylic acids is 1. The Kier molecular flexibility index (Phi) is 4.16. The summed E-state index contributed by atoms with van der Waals surface area (Å²) < 4.78 is 5.16. The summed E-state index contributed by atoms with van der Waals surface area (Å²) >= 11 is 0. The topological polar surface area (TPSA) is 38.3 Å². The lowest BCUT2D eigenvalue weighted by molar-refractivity contribution is -0.120. The van der Waals surface area contributed by atoms with Crippen molar-refractivity contribution in [3.63, 3.8) is 0 Å². The number of rotatable bonds is 4. The molecule has 82 valence electrons. The van der Waals surface area contributed by atoms with Crippen molar-refractivity contribution in [2.24, 2.45) is 0 Å². The fourth-order valence-electron chi connectivity index (χ4n) is 1.38. The molecule has 1 N–H and O–H groups in total. The van der Waals surface area contributed by atoms with Gasteiger partial charge < -0.3 is 10.1 Å². The summed E-state index contributed by atoms with van der Waals surface area (Å²) in [5, 5.41) is 2.83. The first-order valence-corrected chi connectivity index (χ1v) is 5.07. The minimum Gasteiger partial charge on any atom is -0.496 e. The molecule has 0 heterocycles. The Morgan fingerprint density at radius 3 is 2.73 bits per heavy atom. The molecule has 0 aliphatic rings. The number of hydrogen-bond acceptors (Lipinski definition) is 2. The summed E-state index contributed by atoms with van der Waals surface area (Å²) in [6.45, 7) is 4.41. The smallest absolute Gasteiger partial charge is 0.219 e. The molecular weight excluding hydrogens is 190 g/mol. The molecule has 1 aromatic rings. The molecule has 0 bridgehead atoms. The fourth-order valence-corrected chi connectivity index (χ4v) is 1.38. The maximum absolute atomic E-state index is 11.1. The Morgan fingerprint density at radius 2 is 2.20 bits per heavy atom. The highest BCUT2D eigenvalue weighted by Crippen LogP contribution is 2.18. The molecule has 3 nitrogen and oxygen atoms in total. The number of hydrogen-bond donors (Lipinski definition) is 1. The minimum absolute atomic E-state index is 0.0727. The van der Waals surface area contributed by atoms with Crippen LogP contribution in [-0.4, -0.2) is 13.0 Å². The maximum Gasteiger partial charge on any atom is 0.219 e. The van der Waals surface area contributed by atoms with E-state index in [1.54, 1.807) is 7.11 Å². The molecule has 0 aliphatic carbocycles. The molecule has 1 amide bonds. The molecule has 0 fully saturated rings. The van der Waals surface area contributed by atoms with Gasteiger partial charge in [0.25, 0.3) is 0 Å². The van der Waals surface area contributed by atoms with Crippen LogP contribution in [0.4, 0.5) is 0 Å². The lowest BCUT2D eigenvalue weighted by Crippen LogP contribution is -2.21. The highest BCUT2D eigenvalue weighted by molar-refractivity contribution is 5.75. The van der Waals surface area contributed by atoms with Crippen LogP contribution < -0.4 is 10.1 Å². The first-order valence-electron chi connectivity index (χ1n) is 5.07. The van der Waals surface area contributed by atoms with Gasteiger partial charge in [0.05, 0.1) is 7.11 Å². The van der Waals surface area contributed by atoms with E-state index in [2.05, 4.69) is 5.32 Å². The van der Waals surface area contributed by atoms with Gasteiger partial charge in [-0.25, -0.2) is 0 Å². The highest BCUT2D eigenvalue weighted by Gasteiger charge is 2.01. The zero-order chi connectivity index (χ0) is 11.3. The molecule has 15 heavy (non-hydrogen) atoms. The summed E-state index contributed by atoms with van der Waals surface area (Å²) in [7, 11) is 1.65. The van der Waals surface area contributed by atoms with E-state index >= 15 is 0 Å². The van der Waals surface area contributed by atoms with Crippen LogP contribution in [-0.2, 0) is 11.3 Å². The van der Waals surface area contributed by atoms with Crippen LogP contribution in [0.5, 0.6) is 5.75 Å². The Labute approximate surface area is 90.4 Å². The quantitative estimate of drug-likeness (QED) is 0.820. The number of nitrogens with one attached hydrogen (secondary N) is 1. The van der Waals surface area contributed by atoms with Crippen LogP contribution in [0.15, 0.2) is 18.2 Å². The van der Waals surface area contributed by atoms with E-state index in [-0.39, 0.29) is 5.91 Å². The van der Waals surface area contributed by atoms with Gasteiger partial charge in [-0.3, -0.25) is 4.79 Å². The molecule has 1 aromatic carbocycles. The summed E-state index contributed by atoms with van der Waals surface area (Å²) in [4.78, 5) is 11.1. The van der Waals surface area contributed by atoms with Gasteiger partial charge in [0.1, 0.15) is 5.75 Å². The first kappa shape index (κ1) is 11.6. The van der Waals surface area contributed by atoms with Crippen molar-refractivity contribution in [2.45, 2.75) is 26.8 Å². The first-order chi connectivity index (χ1) is 7.17. The van der Waals surface area contributed by atoms with Gasteiger partial charge in [-0.2, -0.15) is 0 Å². The van der Waals surface area contributed by atoms with E-state index in [1.165, 1.54) is 0 Å². The van der Waals surface area contributed by atoms with E-state index in [9.17, 15) is 4.79 Å². The van der Waals surface area contributed by atoms with Crippen molar-refractivity contribution in [2.75, 3.05) is 7.11 Å². The number of aryl methyl sites for hydroxylation is 1. The maximum atomic E-state index is 11.1. The second-order valence-electron chi connectivity index (χ2n) is 3.43. The average Bonchev–Trinajstić information content (AvgIpc) is 2.26. The summed E-state index contributed by atoms with van der Waals surface area (Å²) in [5.41, 5.74) is 2.18. The predicted octanol–water partition coefficient (Wildman–Crippen LogP) is 2.03. The van der Waals surface area contributed by atoms with Gasteiger partial charge >= 0.3 is 0 Å². The second-order valence-corrected chi connectivity index (χ2v) is 3.43. The Hall–Kier alpha value is -1.51. The van der Waals surface area contributed by atoms with Crippen molar-refractivity contribution in [3.8, 4) is 5.75 Å². The molecule has 0 unspecified atom stereocenters. The van der Waals surface area contributed by atoms with Crippen LogP contribution in [0.3, 0.4) is 0 Å². The Balaban J connectivity index is 2.63. The number of carbonyl (C=O) groups is 1. The lowest BCUT2D eigenvalue weighted by atomic mass is 10.1. The van der Waals surface area contributed by atoms with Crippen LogP contribution >= 0.6 is 0 Å². The zero-order valence-corrected chi connectivity index (χ0v) is 9.46. The van der Waals surface area contributed by atoms with E-state index in [4.69, 9.17) is 4.74 Å². The standard InChI is InChI=1S/C12H17NO2/c1-4-12(14)13-8-10-5-6-11(15-3)9(2)7-10/h5-7H,4,8H2,1-3H3,(H,13,14). The molecule has 0 saturated heterocycles. The van der Waals surface area contributed by atoms with E-state index < -0.39 is 0 Å². The summed E-state index contributed by atoms with van der Waals surface area (Å²) in [5.74, 6) is 0.948. The number of ether oxygens (including phenoxy) is 1. The zero-order valence-electron chi connectivity index (χ0n) is 9.46. The molecule has 1 rings (SSSR count). The molecule has 0 aliphatic heterocycles. The summed E-state index contributed by atoms with van der Waals surface area (Å²) in [6, 6.07) is 5.90.